The summed E-state index contributed by atoms with van der Waals surface area (Å²) in [6, 6.07) is 2.78. The van der Waals surface area contributed by atoms with Gasteiger partial charge in [-0.3, -0.25) is 0 Å². The highest BCUT2D eigenvalue weighted by Crippen LogP contribution is 2.34. The highest BCUT2D eigenvalue weighted by Gasteiger charge is 2.17. The van der Waals surface area contributed by atoms with Gasteiger partial charge < -0.3 is 5.32 Å². The summed E-state index contributed by atoms with van der Waals surface area (Å²) >= 11 is 5.42. The van der Waals surface area contributed by atoms with Crippen molar-refractivity contribution in [3.05, 3.63) is 20.3 Å². The maximum absolute atomic E-state index is 3.58. The topological polar surface area (TPSA) is 12.0 Å². The summed E-state index contributed by atoms with van der Waals surface area (Å²) in [5, 5.41) is 3.53. The van der Waals surface area contributed by atoms with Gasteiger partial charge >= 0.3 is 0 Å². The number of hydrogen-bond acceptors (Lipinski definition) is 2. The normalized spacial score (nSPS) is 13.6. The van der Waals surface area contributed by atoms with E-state index in [4.69, 9.17) is 0 Å². The molecule has 1 aromatic heterocycles. The fourth-order valence-electron chi connectivity index (χ4n) is 1.52. The van der Waals surface area contributed by atoms with E-state index in [0.29, 0.717) is 12.0 Å². The molecule has 1 heterocycles. The molecular formula is C11H18BrNS. The summed E-state index contributed by atoms with van der Waals surface area (Å²) in [7, 11) is 0. The fourth-order valence-corrected chi connectivity index (χ4v) is 3.34. The largest absolute Gasteiger partial charge is 0.309 e. The van der Waals surface area contributed by atoms with Gasteiger partial charge in [-0.05, 0) is 46.9 Å². The van der Waals surface area contributed by atoms with Crippen LogP contribution in [0.2, 0.25) is 0 Å². The van der Waals surface area contributed by atoms with Gasteiger partial charge in [-0.15, -0.1) is 11.3 Å². The summed E-state index contributed by atoms with van der Waals surface area (Å²) in [6.07, 6.45) is 0. The van der Waals surface area contributed by atoms with Gasteiger partial charge in [-0.25, -0.2) is 0 Å². The van der Waals surface area contributed by atoms with E-state index in [0.717, 1.165) is 6.54 Å². The minimum atomic E-state index is 0.495. The second-order valence-corrected chi connectivity index (χ2v) is 6.29. The lowest BCUT2D eigenvalue weighted by atomic mass is 10.0. The first-order valence-corrected chi connectivity index (χ1v) is 6.66. The summed E-state index contributed by atoms with van der Waals surface area (Å²) in [4.78, 5) is 1.44. The molecule has 0 radical (unpaired) electrons. The van der Waals surface area contributed by atoms with Crippen molar-refractivity contribution >= 4 is 27.3 Å². The highest BCUT2D eigenvalue weighted by molar-refractivity contribution is 9.11. The Hall–Kier alpha value is 0.140. The SMILES string of the molecule is CCNC(c1cc(C)c(Br)s1)C(C)C. The lowest BCUT2D eigenvalue weighted by Gasteiger charge is -2.20. The van der Waals surface area contributed by atoms with Gasteiger partial charge in [0.05, 0.1) is 3.79 Å². The zero-order valence-corrected chi connectivity index (χ0v) is 11.6. The molecule has 0 saturated heterocycles. The second-order valence-electron chi connectivity index (χ2n) is 3.88. The summed E-state index contributed by atoms with van der Waals surface area (Å²) < 4.78 is 1.26. The molecule has 1 N–H and O–H groups in total. The van der Waals surface area contributed by atoms with E-state index in [9.17, 15) is 0 Å². The molecule has 1 atom stereocenters. The van der Waals surface area contributed by atoms with Gasteiger partial charge in [-0.2, -0.15) is 0 Å². The molecule has 1 nitrogen and oxygen atoms in total. The van der Waals surface area contributed by atoms with Crippen molar-refractivity contribution in [2.45, 2.75) is 33.7 Å². The van der Waals surface area contributed by atoms with Crippen LogP contribution in [0.4, 0.5) is 0 Å². The van der Waals surface area contributed by atoms with E-state index >= 15 is 0 Å². The van der Waals surface area contributed by atoms with Crippen molar-refractivity contribution in [2.75, 3.05) is 6.54 Å². The predicted octanol–water partition coefficient (Wildman–Crippen LogP) is 4.13. The van der Waals surface area contributed by atoms with E-state index in [-0.39, 0.29) is 0 Å². The van der Waals surface area contributed by atoms with Crippen LogP contribution in [-0.4, -0.2) is 6.54 Å². The van der Waals surface area contributed by atoms with E-state index in [1.54, 1.807) is 0 Å². The lowest BCUT2D eigenvalue weighted by molar-refractivity contribution is 0.428. The van der Waals surface area contributed by atoms with E-state index in [2.05, 4.69) is 55.0 Å². The van der Waals surface area contributed by atoms with Gasteiger partial charge in [0, 0.05) is 10.9 Å². The molecular weight excluding hydrogens is 258 g/mol. The van der Waals surface area contributed by atoms with Crippen LogP contribution < -0.4 is 5.32 Å². The third kappa shape index (κ3) is 2.81. The van der Waals surface area contributed by atoms with Crippen molar-refractivity contribution < 1.29 is 0 Å². The second kappa shape index (κ2) is 5.29. The van der Waals surface area contributed by atoms with Crippen LogP contribution in [0.25, 0.3) is 0 Å². The fraction of sp³-hybridized carbons (Fsp3) is 0.636. The van der Waals surface area contributed by atoms with Crippen LogP contribution in [0, 0.1) is 12.8 Å². The quantitative estimate of drug-likeness (QED) is 0.872. The first kappa shape index (κ1) is 12.2. The summed E-state index contributed by atoms with van der Waals surface area (Å²) in [5.41, 5.74) is 1.34. The Balaban J connectivity index is 2.87. The van der Waals surface area contributed by atoms with Crippen molar-refractivity contribution in [1.82, 2.24) is 5.32 Å². The highest BCUT2D eigenvalue weighted by atomic mass is 79.9. The van der Waals surface area contributed by atoms with Crippen LogP contribution >= 0.6 is 27.3 Å². The number of rotatable bonds is 4. The molecule has 1 unspecified atom stereocenters. The monoisotopic (exact) mass is 275 g/mol. The Labute approximate surface area is 99.0 Å². The molecule has 1 aromatic rings. The standard InChI is InChI=1S/C11H18BrNS/c1-5-13-10(7(2)3)9-6-8(4)11(12)14-9/h6-7,10,13H,5H2,1-4H3. The maximum atomic E-state index is 3.58. The third-order valence-corrected chi connectivity index (χ3v) is 4.49. The van der Waals surface area contributed by atoms with E-state index in [1.165, 1.54) is 14.2 Å². The Bertz CT molecular complexity index is 274. The van der Waals surface area contributed by atoms with E-state index in [1.807, 2.05) is 11.3 Å². The smallest absolute Gasteiger partial charge is 0.0731 e. The molecule has 1 rings (SSSR count). The minimum Gasteiger partial charge on any atom is -0.309 e. The molecule has 0 amide bonds. The molecule has 0 spiro atoms. The third-order valence-electron chi connectivity index (χ3n) is 2.27. The van der Waals surface area contributed by atoms with Gasteiger partial charge in [0.25, 0.3) is 0 Å². The molecule has 0 saturated carbocycles. The molecule has 0 aliphatic rings. The lowest BCUT2D eigenvalue weighted by Crippen LogP contribution is -2.24. The first-order valence-electron chi connectivity index (χ1n) is 5.05. The van der Waals surface area contributed by atoms with Crippen LogP contribution in [0.1, 0.15) is 37.3 Å². The number of thiophene rings is 1. The molecule has 0 aliphatic heterocycles. The average molecular weight is 276 g/mol. The van der Waals surface area contributed by atoms with Gasteiger partial charge in [0.1, 0.15) is 0 Å². The average Bonchev–Trinajstić information content (AvgIpc) is 2.42. The van der Waals surface area contributed by atoms with Crippen molar-refractivity contribution in [3.63, 3.8) is 0 Å². The number of aryl methyl sites for hydroxylation is 1. The number of nitrogens with one attached hydrogen (secondary N) is 1. The molecule has 0 bridgehead atoms. The Kier molecular flexibility index (Phi) is 4.61. The van der Waals surface area contributed by atoms with Crippen LogP contribution in [0.5, 0.6) is 0 Å². The summed E-state index contributed by atoms with van der Waals surface area (Å²) in [6.45, 7) is 9.85. The van der Waals surface area contributed by atoms with Crippen LogP contribution in [0.15, 0.2) is 9.85 Å². The van der Waals surface area contributed by atoms with Crippen LogP contribution in [-0.2, 0) is 0 Å². The zero-order valence-electron chi connectivity index (χ0n) is 9.23. The molecule has 3 heteroatoms. The van der Waals surface area contributed by atoms with Crippen molar-refractivity contribution in [1.29, 1.82) is 0 Å². The van der Waals surface area contributed by atoms with E-state index < -0.39 is 0 Å². The maximum Gasteiger partial charge on any atom is 0.0731 e. The number of hydrogen-bond donors (Lipinski definition) is 1. The Morgan fingerprint density at radius 3 is 2.50 bits per heavy atom. The summed E-state index contributed by atoms with van der Waals surface area (Å²) in [5.74, 6) is 0.639. The molecule has 0 aliphatic carbocycles. The van der Waals surface area contributed by atoms with Crippen molar-refractivity contribution in [3.8, 4) is 0 Å². The molecule has 14 heavy (non-hydrogen) atoms. The predicted molar refractivity (Wildman–Crippen MR) is 68.0 cm³/mol. The first-order chi connectivity index (χ1) is 6.56. The molecule has 0 fully saturated rings. The molecule has 0 aromatic carbocycles. The molecule has 80 valence electrons. The van der Waals surface area contributed by atoms with Crippen molar-refractivity contribution in [2.24, 2.45) is 5.92 Å². The minimum absolute atomic E-state index is 0.495. The Morgan fingerprint density at radius 1 is 1.50 bits per heavy atom. The number of halogens is 1. The zero-order chi connectivity index (χ0) is 10.7. The Morgan fingerprint density at radius 2 is 2.14 bits per heavy atom. The van der Waals surface area contributed by atoms with Gasteiger partial charge in [0.15, 0.2) is 0 Å². The van der Waals surface area contributed by atoms with Gasteiger partial charge in [-0.1, -0.05) is 20.8 Å². The van der Waals surface area contributed by atoms with Crippen LogP contribution in [0.3, 0.4) is 0 Å². The van der Waals surface area contributed by atoms with Gasteiger partial charge in [0.2, 0.25) is 0 Å².